The minimum atomic E-state index is 0.634. The standard InChI is InChI=1S/C18H21ClN6O/c19-15-8-16-14(11-21-17(16)22-12-15)7-13-9-23-18(24-10-13)20-1-2-25-3-5-26-6-4-25/h8-12H,1-7H2,(H,21,22)(H,20,23,24). The highest BCUT2D eigenvalue weighted by Gasteiger charge is 2.10. The minimum absolute atomic E-state index is 0.634. The minimum Gasteiger partial charge on any atom is -0.379 e. The summed E-state index contributed by atoms with van der Waals surface area (Å²) in [6.07, 6.45) is 8.06. The van der Waals surface area contributed by atoms with Gasteiger partial charge in [-0.2, -0.15) is 0 Å². The molecule has 0 unspecified atom stereocenters. The second-order valence-electron chi connectivity index (χ2n) is 6.34. The first-order valence-corrected chi connectivity index (χ1v) is 9.12. The van der Waals surface area contributed by atoms with E-state index in [0.717, 1.165) is 68.0 Å². The highest BCUT2D eigenvalue weighted by molar-refractivity contribution is 6.31. The maximum absolute atomic E-state index is 6.06. The van der Waals surface area contributed by atoms with Crippen LogP contribution in [0.5, 0.6) is 0 Å². The zero-order valence-electron chi connectivity index (χ0n) is 14.4. The first kappa shape index (κ1) is 17.2. The van der Waals surface area contributed by atoms with E-state index in [1.807, 2.05) is 24.7 Å². The zero-order chi connectivity index (χ0) is 17.8. The zero-order valence-corrected chi connectivity index (χ0v) is 15.2. The molecule has 8 heteroatoms. The van der Waals surface area contributed by atoms with Gasteiger partial charge in [-0.1, -0.05) is 11.6 Å². The van der Waals surface area contributed by atoms with Crippen molar-refractivity contribution in [2.45, 2.75) is 6.42 Å². The lowest BCUT2D eigenvalue weighted by Gasteiger charge is -2.26. The lowest BCUT2D eigenvalue weighted by atomic mass is 10.1. The molecule has 0 spiro atoms. The molecule has 26 heavy (non-hydrogen) atoms. The van der Waals surface area contributed by atoms with Gasteiger partial charge in [-0.15, -0.1) is 0 Å². The molecule has 3 aromatic rings. The normalized spacial score (nSPS) is 15.4. The Hall–Kier alpha value is -2.22. The van der Waals surface area contributed by atoms with Gasteiger partial charge in [0.2, 0.25) is 5.95 Å². The summed E-state index contributed by atoms with van der Waals surface area (Å²) in [5.74, 6) is 0.658. The molecule has 3 aromatic heterocycles. The molecule has 1 fully saturated rings. The van der Waals surface area contributed by atoms with Crippen molar-refractivity contribution >= 4 is 28.6 Å². The van der Waals surface area contributed by atoms with Crippen LogP contribution in [0.2, 0.25) is 5.02 Å². The van der Waals surface area contributed by atoms with Crippen LogP contribution >= 0.6 is 11.6 Å². The fourth-order valence-corrected chi connectivity index (χ4v) is 3.24. The highest BCUT2D eigenvalue weighted by Crippen LogP contribution is 2.22. The van der Waals surface area contributed by atoms with E-state index in [1.165, 1.54) is 0 Å². The van der Waals surface area contributed by atoms with E-state index in [1.54, 1.807) is 6.20 Å². The predicted octanol–water partition coefficient (Wildman–Crippen LogP) is 2.34. The van der Waals surface area contributed by atoms with E-state index in [9.17, 15) is 0 Å². The van der Waals surface area contributed by atoms with Crippen LogP contribution in [-0.2, 0) is 11.2 Å². The number of rotatable bonds is 6. The molecular formula is C18H21ClN6O. The van der Waals surface area contributed by atoms with Crippen molar-refractivity contribution in [1.29, 1.82) is 0 Å². The van der Waals surface area contributed by atoms with Crippen LogP contribution in [0.1, 0.15) is 11.1 Å². The fraction of sp³-hybridized carbons (Fsp3) is 0.389. The molecule has 0 amide bonds. The van der Waals surface area contributed by atoms with Crippen LogP contribution in [0.15, 0.2) is 30.9 Å². The smallest absolute Gasteiger partial charge is 0.222 e. The van der Waals surface area contributed by atoms with Gasteiger partial charge >= 0.3 is 0 Å². The summed E-state index contributed by atoms with van der Waals surface area (Å²) in [5, 5.41) is 4.94. The van der Waals surface area contributed by atoms with E-state index >= 15 is 0 Å². The van der Waals surface area contributed by atoms with Crippen molar-refractivity contribution in [3.8, 4) is 0 Å². The van der Waals surface area contributed by atoms with Gasteiger partial charge in [0.15, 0.2) is 0 Å². The number of hydrogen-bond donors (Lipinski definition) is 2. The van der Waals surface area contributed by atoms with Gasteiger partial charge in [0, 0.05) is 62.8 Å². The molecule has 1 aliphatic heterocycles. The summed E-state index contributed by atoms with van der Waals surface area (Å²) in [7, 11) is 0. The molecular weight excluding hydrogens is 352 g/mol. The predicted molar refractivity (Wildman–Crippen MR) is 102 cm³/mol. The molecule has 1 saturated heterocycles. The first-order valence-electron chi connectivity index (χ1n) is 8.74. The number of H-pyrrole nitrogens is 1. The van der Waals surface area contributed by atoms with Crippen LogP contribution in [0.25, 0.3) is 11.0 Å². The Morgan fingerprint density at radius 3 is 2.77 bits per heavy atom. The van der Waals surface area contributed by atoms with Crippen molar-refractivity contribution in [2.75, 3.05) is 44.7 Å². The van der Waals surface area contributed by atoms with Gasteiger partial charge in [-0.05, 0) is 17.2 Å². The summed E-state index contributed by atoms with van der Waals surface area (Å²) >= 11 is 6.06. The van der Waals surface area contributed by atoms with Gasteiger partial charge < -0.3 is 15.0 Å². The Morgan fingerprint density at radius 1 is 1.15 bits per heavy atom. The van der Waals surface area contributed by atoms with Gasteiger partial charge in [-0.3, -0.25) is 4.90 Å². The number of aromatic nitrogens is 4. The number of halogens is 1. The molecule has 0 aliphatic carbocycles. The maximum atomic E-state index is 6.06. The van der Waals surface area contributed by atoms with Gasteiger partial charge in [0.1, 0.15) is 5.65 Å². The van der Waals surface area contributed by atoms with E-state index < -0.39 is 0 Å². The molecule has 0 saturated carbocycles. The van der Waals surface area contributed by atoms with Crippen molar-refractivity contribution in [3.63, 3.8) is 0 Å². The summed E-state index contributed by atoms with van der Waals surface area (Å²) in [5.41, 5.74) is 3.02. The van der Waals surface area contributed by atoms with E-state index in [4.69, 9.17) is 16.3 Å². The highest BCUT2D eigenvalue weighted by atomic mass is 35.5. The Bertz CT molecular complexity index is 860. The SMILES string of the molecule is Clc1cnc2[nH]cc(Cc3cnc(NCCN4CCOCC4)nc3)c2c1. The van der Waals surface area contributed by atoms with Crippen molar-refractivity contribution < 1.29 is 4.74 Å². The number of pyridine rings is 1. The topological polar surface area (TPSA) is 79.0 Å². The van der Waals surface area contributed by atoms with E-state index in [-0.39, 0.29) is 0 Å². The molecule has 4 heterocycles. The van der Waals surface area contributed by atoms with Crippen LogP contribution in [-0.4, -0.2) is 64.2 Å². The molecule has 0 aromatic carbocycles. The largest absolute Gasteiger partial charge is 0.379 e. The second kappa shape index (κ2) is 7.99. The van der Waals surface area contributed by atoms with Crippen LogP contribution in [0.4, 0.5) is 5.95 Å². The number of ether oxygens (including phenoxy) is 1. The number of aromatic amines is 1. The Kier molecular flexibility index (Phi) is 5.29. The van der Waals surface area contributed by atoms with E-state index in [0.29, 0.717) is 11.0 Å². The average molecular weight is 373 g/mol. The second-order valence-corrected chi connectivity index (χ2v) is 6.77. The van der Waals surface area contributed by atoms with Gasteiger partial charge in [-0.25, -0.2) is 15.0 Å². The monoisotopic (exact) mass is 372 g/mol. The lowest BCUT2D eigenvalue weighted by molar-refractivity contribution is 0.0398. The number of nitrogens with zero attached hydrogens (tertiary/aromatic N) is 4. The first-order chi connectivity index (χ1) is 12.8. The molecule has 4 rings (SSSR count). The van der Waals surface area contributed by atoms with Crippen LogP contribution in [0.3, 0.4) is 0 Å². The lowest BCUT2D eigenvalue weighted by Crippen LogP contribution is -2.39. The Labute approximate surface area is 156 Å². The molecule has 0 atom stereocenters. The Balaban J connectivity index is 1.34. The molecule has 7 nitrogen and oxygen atoms in total. The Morgan fingerprint density at radius 2 is 1.96 bits per heavy atom. The summed E-state index contributed by atoms with van der Waals surface area (Å²) in [4.78, 5) is 18.7. The van der Waals surface area contributed by atoms with Crippen LogP contribution < -0.4 is 5.32 Å². The maximum Gasteiger partial charge on any atom is 0.222 e. The van der Waals surface area contributed by atoms with E-state index in [2.05, 4.69) is 30.2 Å². The van der Waals surface area contributed by atoms with Crippen molar-refractivity contribution in [2.24, 2.45) is 0 Å². The number of anilines is 1. The number of nitrogens with one attached hydrogen (secondary N) is 2. The molecule has 1 aliphatic rings. The van der Waals surface area contributed by atoms with Crippen LogP contribution in [0, 0.1) is 0 Å². The molecule has 0 bridgehead atoms. The van der Waals surface area contributed by atoms with Gasteiger partial charge in [0.05, 0.1) is 18.2 Å². The quantitative estimate of drug-likeness (QED) is 0.691. The molecule has 0 radical (unpaired) electrons. The number of hydrogen-bond acceptors (Lipinski definition) is 6. The fourth-order valence-electron chi connectivity index (χ4n) is 3.09. The summed E-state index contributed by atoms with van der Waals surface area (Å²) < 4.78 is 5.35. The molecule has 136 valence electrons. The number of morpholine rings is 1. The van der Waals surface area contributed by atoms with Crippen molar-refractivity contribution in [1.82, 2.24) is 24.8 Å². The third kappa shape index (κ3) is 4.12. The average Bonchev–Trinajstić information content (AvgIpc) is 3.06. The third-order valence-corrected chi connectivity index (χ3v) is 4.70. The summed E-state index contributed by atoms with van der Waals surface area (Å²) in [6.45, 7) is 5.42. The number of fused-ring (bicyclic) bond motifs is 1. The van der Waals surface area contributed by atoms with Gasteiger partial charge in [0.25, 0.3) is 0 Å². The van der Waals surface area contributed by atoms with Crippen molar-refractivity contribution in [3.05, 3.63) is 47.0 Å². The third-order valence-electron chi connectivity index (χ3n) is 4.50. The summed E-state index contributed by atoms with van der Waals surface area (Å²) in [6, 6.07) is 1.93. The molecule has 2 N–H and O–H groups in total.